The second-order valence-electron chi connectivity index (χ2n) is 7.84. The molecule has 0 aliphatic carbocycles. The fourth-order valence-corrected chi connectivity index (χ4v) is 3.68. The van der Waals surface area contributed by atoms with Crippen LogP contribution in [-0.4, -0.2) is 30.2 Å². The van der Waals surface area contributed by atoms with E-state index in [0.29, 0.717) is 29.5 Å². The number of hydrogen-bond donors (Lipinski definition) is 3. The van der Waals surface area contributed by atoms with Gasteiger partial charge in [-0.1, -0.05) is 12.1 Å². The summed E-state index contributed by atoms with van der Waals surface area (Å²) in [5.74, 6) is 0.281. The van der Waals surface area contributed by atoms with E-state index in [4.69, 9.17) is 5.73 Å². The molecule has 0 aliphatic rings. The quantitative estimate of drug-likeness (QED) is 0.321. The molecule has 2 aromatic carbocycles. The smallest absolute Gasteiger partial charge is 0.255 e. The van der Waals surface area contributed by atoms with Crippen LogP contribution in [0.2, 0.25) is 0 Å². The number of nitrogen functional groups attached to an aromatic ring is 1. The maximum atomic E-state index is 13.2. The zero-order valence-electron chi connectivity index (χ0n) is 18.7. The summed E-state index contributed by atoms with van der Waals surface area (Å²) in [6, 6.07) is 14.6. The number of nitrogens with zero attached hydrogens (tertiary/aromatic N) is 5. The summed E-state index contributed by atoms with van der Waals surface area (Å²) in [5, 5.41) is 5.90. The summed E-state index contributed by atoms with van der Waals surface area (Å²) < 4.78 is 15.1. The van der Waals surface area contributed by atoms with Crippen LogP contribution in [0, 0.1) is 12.7 Å². The molecular formula is C25H21FN8O. The molecule has 0 unspecified atom stereocenters. The number of benzene rings is 2. The zero-order valence-corrected chi connectivity index (χ0v) is 18.7. The molecule has 0 saturated carbocycles. The number of nitrogens with one attached hydrogen (secondary N) is 2. The number of imidazole rings is 1. The number of hydrogen-bond acceptors (Lipinski definition) is 7. The van der Waals surface area contributed by atoms with Crippen molar-refractivity contribution >= 4 is 29.0 Å². The molecule has 5 rings (SSSR count). The van der Waals surface area contributed by atoms with Crippen molar-refractivity contribution in [3.05, 3.63) is 95.8 Å². The Morgan fingerprint density at radius 3 is 2.69 bits per heavy atom. The highest BCUT2D eigenvalue weighted by Gasteiger charge is 2.14. The molecule has 35 heavy (non-hydrogen) atoms. The SMILES string of the molecule is Cc1nc2ncccn2c1-c1ccnc(NCc2ccc(C(=O)Nc3ccc(F)cc3N)cc2)n1. The van der Waals surface area contributed by atoms with Gasteiger partial charge in [-0.25, -0.2) is 24.3 Å². The van der Waals surface area contributed by atoms with Gasteiger partial charge >= 0.3 is 0 Å². The van der Waals surface area contributed by atoms with Crippen LogP contribution in [0.4, 0.5) is 21.7 Å². The van der Waals surface area contributed by atoms with E-state index in [2.05, 4.69) is 30.6 Å². The highest BCUT2D eigenvalue weighted by Crippen LogP contribution is 2.23. The molecule has 0 bridgehead atoms. The van der Waals surface area contributed by atoms with Crippen LogP contribution < -0.4 is 16.4 Å². The number of amides is 1. The largest absolute Gasteiger partial charge is 0.397 e. The Morgan fingerprint density at radius 1 is 1.06 bits per heavy atom. The Labute approximate surface area is 199 Å². The lowest BCUT2D eigenvalue weighted by Gasteiger charge is -2.10. The van der Waals surface area contributed by atoms with Crippen molar-refractivity contribution < 1.29 is 9.18 Å². The molecule has 1 amide bonds. The summed E-state index contributed by atoms with van der Waals surface area (Å²) in [4.78, 5) is 30.2. The molecule has 0 spiro atoms. The van der Waals surface area contributed by atoms with E-state index in [1.54, 1.807) is 24.5 Å². The van der Waals surface area contributed by atoms with Crippen LogP contribution >= 0.6 is 0 Å². The second-order valence-corrected chi connectivity index (χ2v) is 7.84. The van der Waals surface area contributed by atoms with Crippen molar-refractivity contribution in [2.75, 3.05) is 16.4 Å². The molecule has 0 radical (unpaired) electrons. The Hall–Kier alpha value is -4.86. The highest BCUT2D eigenvalue weighted by atomic mass is 19.1. The Bertz CT molecular complexity index is 1530. The van der Waals surface area contributed by atoms with Gasteiger partial charge in [0.05, 0.1) is 28.5 Å². The number of carbonyl (C=O) groups is 1. The molecule has 0 fully saturated rings. The van der Waals surface area contributed by atoms with Crippen LogP contribution in [0.25, 0.3) is 17.2 Å². The average Bonchev–Trinajstić information content (AvgIpc) is 3.20. The van der Waals surface area contributed by atoms with Gasteiger partial charge in [0, 0.05) is 30.7 Å². The van der Waals surface area contributed by atoms with Crippen molar-refractivity contribution in [3.8, 4) is 11.4 Å². The maximum Gasteiger partial charge on any atom is 0.255 e. The van der Waals surface area contributed by atoms with Gasteiger partial charge in [0.25, 0.3) is 5.91 Å². The van der Waals surface area contributed by atoms with Crippen molar-refractivity contribution in [1.82, 2.24) is 24.3 Å². The fraction of sp³-hybridized carbons (Fsp3) is 0.0800. The standard InChI is InChI=1S/C25H21FN8O/c1-15-22(34-12-2-10-29-25(34)31-15)21-9-11-28-24(33-21)30-14-16-3-5-17(6-4-16)23(35)32-20-8-7-18(26)13-19(20)27/h2-13H,14,27H2,1H3,(H,32,35)(H,28,30,33). The summed E-state index contributed by atoms with van der Waals surface area (Å²) in [5.41, 5.74) is 10.1. The molecule has 4 N–H and O–H groups in total. The first-order chi connectivity index (χ1) is 17.0. The van der Waals surface area contributed by atoms with Gasteiger partial charge in [-0.05, 0) is 55.0 Å². The minimum atomic E-state index is -0.461. The van der Waals surface area contributed by atoms with Gasteiger partial charge in [-0.3, -0.25) is 9.20 Å². The van der Waals surface area contributed by atoms with E-state index in [-0.39, 0.29) is 11.6 Å². The van der Waals surface area contributed by atoms with Gasteiger partial charge in [0.15, 0.2) is 0 Å². The topological polar surface area (TPSA) is 123 Å². The molecule has 9 nitrogen and oxygen atoms in total. The van der Waals surface area contributed by atoms with E-state index in [1.807, 2.05) is 41.8 Å². The second kappa shape index (κ2) is 9.18. The number of carbonyl (C=O) groups excluding carboxylic acids is 1. The summed E-state index contributed by atoms with van der Waals surface area (Å²) in [7, 11) is 0. The molecule has 3 heterocycles. The molecule has 10 heteroatoms. The predicted molar refractivity (Wildman–Crippen MR) is 131 cm³/mol. The van der Waals surface area contributed by atoms with Gasteiger partial charge in [-0.2, -0.15) is 0 Å². The minimum Gasteiger partial charge on any atom is -0.397 e. The maximum absolute atomic E-state index is 13.2. The zero-order chi connectivity index (χ0) is 24.4. The predicted octanol–water partition coefficient (Wildman–Crippen LogP) is 4.08. The lowest BCUT2D eigenvalue weighted by Crippen LogP contribution is -2.13. The Morgan fingerprint density at radius 2 is 1.89 bits per heavy atom. The van der Waals surface area contributed by atoms with Crippen molar-refractivity contribution in [2.45, 2.75) is 13.5 Å². The van der Waals surface area contributed by atoms with E-state index < -0.39 is 5.82 Å². The highest BCUT2D eigenvalue weighted by molar-refractivity contribution is 6.05. The average molecular weight is 468 g/mol. The van der Waals surface area contributed by atoms with Gasteiger partial charge in [-0.15, -0.1) is 0 Å². The molecule has 0 atom stereocenters. The van der Waals surface area contributed by atoms with Crippen LogP contribution in [-0.2, 0) is 6.54 Å². The summed E-state index contributed by atoms with van der Waals surface area (Å²) >= 11 is 0. The number of nitrogens with two attached hydrogens (primary N) is 1. The number of aromatic nitrogens is 5. The first kappa shape index (κ1) is 22.0. The molecule has 0 aliphatic heterocycles. The first-order valence-corrected chi connectivity index (χ1v) is 10.8. The van der Waals surface area contributed by atoms with Crippen molar-refractivity contribution in [3.63, 3.8) is 0 Å². The van der Waals surface area contributed by atoms with Crippen molar-refractivity contribution in [2.24, 2.45) is 0 Å². The van der Waals surface area contributed by atoms with Crippen LogP contribution in [0.3, 0.4) is 0 Å². The number of rotatable bonds is 6. The first-order valence-electron chi connectivity index (χ1n) is 10.8. The lowest BCUT2D eigenvalue weighted by molar-refractivity contribution is 0.102. The summed E-state index contributed by atoms with van der Waals surface area (Å²) in [6.07, 6.45) is 5.29. The molecule has 174 valence electrons. The Balaban J connectivity index is 1.26. The van der Waals surface area contributed by atoms with E-state index >= 15 is 0 Å². The van der Waals surface area contributed by atoms with E-state index in [1.165, 1.54) is 12.1 Å². The normalized spacial score (nSPS) is 10.9. The van der Waals surface area contributed by atoms with Crippen LogP contribution in [0.1, 0.15) is 21.6 Å². The molecular weight excluding hydrogens is 447 g/mol. The van der Waals surface area contributed by atoms with E-state index in [0.717, 1.165) is 28.7 Å². The third kappa shape index (κ3) is 4.62. The van der Waals surface area contributed by atoms with Gasteiger partial charge < -0.3 is 16.4 Å². The van der Waals surface area contributed by atoms with E-state index in [9.17, 15) is 9.18 Å². The number of halogens is 1. The third-order valence-electron chi connectivity index (χ3n) is 5.40. The fourth-order valence-electron chi connectivity index (χ4n) is 3.68. The van der Waals surface area contributed by atoms with Gasteiger partial charge in [0.1, 0.15) is 5.82 Å². The van der Waals surface area contributed by atoms with Crippen LogP contribution in [0.5, 0.6) is 0 Å². The Kier molecular flexibility index (Phi) is 5.76. The summed E-state index contributed by atoms with van der Waals surface area (Å²) in [6.45, 7) is 2.38. The number of anilines is 3. The van der Waals surface area contributed by atoms with Crippen LogP contribution in [0.15, 0.2) is 73.2 Å². The molecule has 0 saturated heterocycles. The van der Waals surface area contributed by atoms with Gasteiger partial charge in [0.2, 0.25) is 11.7 Å². The minimum absolute atomic E-state index is 0.164. The number of aryl methyl sites for hydroxylation is 1. The number of fused-ring (bicyclic) bond motifs is 1. The lowest BCUT2D eigenvalue weighted by atomic mass is 10.1. The third-order valence-corrected chi connectivity index (χ3v) is 5.40. The molecule has 5 aromatic rings. The van der Waals surface area contributed by atoms with Crippen molar-refractivity contribution in [1.29, 1.82) is 0 Å². The molecule has 3 aromatic heterocycles. The monoisotopic (exact) mass is 468 g/mol.